The van der Waals surface area contributed by atoms with Crippen LogP contribution in [0, 0.1) is 11.3 Å². The van der Waals surface area contributed by atoms with Crippen molar-refractivity contribution in [2.75, 3.05) is 7.11 Å². The fraction of sp³-hybridized carbons (Fsp3) is 0.182. The summed E-state index contributed by atoms with van der Waals surface area (Å²) in [6.45, 7) is 0. The summed E-state index contributed by atoms with van der Waals surface area (Å²) in [5.74, 6) is 0.752. The molecule has 66 valence electrons. The number of nitriles is 1. The molecule has 0 radical (unpaired) electrons. The van der Waals surface area contributed by atoms with Gasteiger partial charge in [0.2, 0.25) is 0 Å². The first-order chi connectivity index (χ1) is 6.38. The van der Waals surface area contributed by atoms with Crippen molar-refractivity contribution in [3.8, 4) is 6.07 Å². The number of hydrogen-bond donors (Lipinski definition) is 0. The van der Waals surface area contributed by atoms with Gasteiger partial charge in [-0.3, -0.25) is 0 Å². The van der Waals surface area contributed by atoms with Crippen LogP contribution in [0.4, 0.5) is 0 Å². The number of methoxy groups -OCH3 is 1. The molecule has 0 fully saturated rings. The number of benzene rings is 1. The zero-order chi connectivity index (χ0) is 9.52. The molecule has 0 heterocycles. The molecule has 0 aliphatic carbocycles. The van der Waals surface area contributed by atoms with Gasteiger partial charge in [0.1, 0.15) is 5.76 Å². The Balaban J connectivity index is 2.86. The van der Waals surface area contributed by atoms with Crippen LogP contribution in [0.15, 0.2) is 36.4 Å². The van der Waals surface area contributed by atoms with E-state index >= 15 is 0 Å². The summed E-state index contributed by atoms with van der Waals surface area (Å²) in [6, 6.07) is 11.8. The first-order valence-corrected chi connectivity index (χ1v) is 4.05. The second kappa shape index (κ2) is 5.00. The fourth-order valence-corrected chi connectivity index (χ4v) is 1.06. The van der Waals surface area contributed by atoms with E-state index in [1.54, 1.807) is 13.2 Å². The van der Waals surface area contributed by atoms with Gasteiger partial charge in [0.15, 0.2) is 0 Å². The maximum absolute atomic E-state index is 8.41. The van der Waals surface area contributed by atoms with E-state index in [0.29, 0.717) is 6.42 Å². The Bertz CT molecular complexity index is 322. The molecule has 0 aliphatic rings. The summed E-state index contributed by atoms with van der Waals surface area (Å²) in [4.78, 5) is 0. The minimum absolute atomic E-state index is 0.373. The number of hydrogen-bond acceptors (Lipinski definition) is 2. The first-order valence-electron chi connectivity index (χ1n) is 4.05. The van der Waals surface area contributed by atoms with Crippen LogP contribution < -0.4 is 0 Å². The average Bonchev–Trinajstić information content (AvgIpc) is 2.21. The van der Waals surface area contributed by atoms with Gasteiger partial charge >= 0.3 is 0 Å². The molecule has 13 heavy (non-hydrogen) atoms. The van der Waals surface area contributed by atoms with Crippen molar-refractivity contribution < 1.29 is 4.74 Å². The largest absolute Gasteiger partial charge is 0.496 e. The van der Waals surface area contributed by atoms with Crippen LogP contribution >= 0.6 is 0 Å². The van der Waals surface area contributed by atoms with Gasteiger partial charge in [0.05, 0.1) is 19.6 Å². The summed E-state index contributed by atoms with van der Waals surface area (Å²) >= 11 is 0. The molecule has 0 aliphatic heterocycles. The highest BCUT2D eigenvalue weighted by molar-refractivity contribution is 5.59. The number of allylic oxidation sites excluding steroid dienone is 1. The molecule has 2 heteroatoms. The highest BCUT2D eigenvalue weighted by Crippen LogP contribution is 2.14. The highest BCUT2D eigenvalue weighted by atomic mass is 16.5. The third kappa shape index (κ3) is 2.64. The Labute approximate surface area is 78.1 Å². The van der Waals surface area contributed by atoms with Crippen LogP contribution in [0.2, 0.25) is 0 Å². The van der Waals surface area contributed by atoms with Crippen LogP contribution in [0.1, 0.15) is 12.0 Å². The van der Waals surface area contributed by atoms with Crippen LogP contribution in [0.25, 0.3) is 5.76 Å². The van der Waals surface area contributed by atoms with Gasteiger partial charge in [0, 0.05) is 5.56 Å². The van der Waals surface area contributed by atoms with E-state index in [1.807, 2.05) is 36.4 Å². The van der Waals surface area contributed by atoms with Crippen LogP contribution in [0.5, 0.6) is 0 Å². The van der Waals surface area contributed by atoms with Crippen LogP contribution in [-0.4, -0.2) is 7.11 Å². The van der Waals surface area contributed by atoms with E-state index in [1.165, 1.54) is 0 Å². The monoisotopic (exact) mass is 173 g/mol. The van der Waals surface area contributed by atoms with E-state index in [-0.39, 0.29) is 0 Å². The van der Waals surface area contributed by atoms with E-state index in [2.05, 4.69) is 0 Å². The molecule has 0 spiro atoms. The summed E-state index contributed by atoms with van der Waals surface area (Å²) in [5, 5.41) is 8.41. The van der Waals surface area contributed by atoms with Crippen molar-refractivity contribution in [2.24, 2.45) is 0 Å². The van der Waals surface area contributed by atoms with E-state index in [9.17, 15) is 0 Å². The standard InChI is InChI=1S/C11H11NO/c1-13-11(8-5-9-12)10-6-3-2-4-7-10/h2-4,6-8H,5H2,1H3/b11-8-. The second-order valence-corrected chi connectivity index (χ2v) is 2.50. The lowest BCUT2D eigenvalue weighted by Crippen LogP contribution is -1.86. The second-order valence-electron chi connectivity index (χ2n) is 2.50. The molecular formula is C11H11NO. The third-order valence-electron chi connectivity index (χ3n) is 1.66. The molecule has 0 saturated carbocycles. The maximum atomic E-state index is 8.41. The molecule has 0 aromatic heterocycles. The molecule has 0 saturated heterocycles. The van der Waals surface area contributed by atoms with E-state index in [0.717, 1.165) is 11.3 Å². The van der Waals surface area contributed by atoms with Gasteiger partial charge < -0.3 is 4.74 Å². The molecule has 0 bridgehead atoms. The summed E-state index contributed by atoms with van der Waals surface area (Å²) < 4.78 is 5.15. The number of rotatable bonds is 3. The lowest BCUT2D eigenvalue weighted by atomic mass is 10.1. The SMILES string of the molecule is CO/C(=C\CC#N)c1ccccc1. The molecule has 1 aromatic rings. The van der Waals surface area contributed by atoms with Crippen LogP contribution in [-0.2, 0) is 4.74 Å². The summed E-state index contributed by atoms with van der Waals surface area (Å²) in [5.41, 5.74) is 1.00. The molecule has 0 atom stereocenters. The van der Waals surface area contributed by atoms with Gasteiger partial charge in [-0.15, -0.1) is 0 Å². The highest BCUT2D eigenvalue weighted by Gasteiger charge is 1.97. The molecule has 1 aromatic carbocycles. The van der Waals surface area contributed by atoms with Crippen molar-refractivity contribution >= 4 is 5.76 Å². The summed E-state index contributed by atoms with van der Waals surface area (Å²) in [6.07, 6.45) is 2.15. The Morgan fingerprint density at radius 2 is 2.15 bits per heavy atom. The average molecular weight is 173 g/mol. The molecule has 0 amide bonds. The van der Waals surface area contributed by atoms with Gasteiger partial charge in [-0.1, -0.05) is 30.3 Å². The number of ether oxygens (including phenoxy) is 1. The Hall–Kier alpha value is -1.75. The first kappa shape index (κ1) is 9.34. The van der Waals surface area contributed by atoms with Crippen molar-refractivity contribution in [3.05, 3.63) is 42.0 Å². The van der Waals surface area contributed by atoms with Crippen molar-refractivity contribution in [3.63, 3.8) is 0 Å². The topological polar surface area (TPSA) is 33.0 Å². The minimum Gasteiger partial charge on any atom is -0.496 e. The summed E-state index contributed by atoms with van der Waals surface area (Å²) in [7, 11) is 1.61. The molecule has 1 rings (SSSR count). The minimum atomic E-state index is 0.373. The van der Waals surface area contributed by atoms with Gasteiger partial charge in [-0.25, -0.2) is 0 Å². The zero-order valence-corrected chi connectivity index (χ0v) is 7.53. The lowest BCUT2D eigenvalue weighted by Gasteiger charge is -2.04. The third-order valence-corrected chi connectivity index (χ3v) is 1.66. The van der Waals surface area contributed by atoms with Gasteiger partial charge in [-0.2, -0.15) is 5.26 Å². The smallest absolute Gasteiger partial charge is 0.123 e. The van der Waals surface area contributed by atoms with Gasteiger partial charge in [0.25, 0.3) is 0 Å². The number of nitrogens with zero attached hydrogens (tertiary/aromatic N) is 1. The molecular weight excluding hydrogens is 162 g/mol. The quantitative estimate of drug-likeness (QED) is 0.658. The Kier molecular flexibility index (Phi) is 3.59. The van der Waals surface area contributed by atoms with Crippen molar-refractivity contribution in [1.82, 2.24) is 0 Å². The van der Waals surface area contributed by atoms with E-state index in [4.69, 9.17) is 10.00 Å². The normalized spacial score (nSPS) is 10.6. The molecule has 0 N–H and O–H groups in total. The molecule has 0 unspecified atom stereocenters. The van der Waals surface area contributed by atoms with Gasteiger partial charge in [-0.05, 0) is 6.08 Å². The fourth-order valence-electron chi connectivity index (χ4n) is 1.06. The molecule has 2 nitrogen and oxygen atoms in total. The predicted octanol–water partition coefficient (Wildman–Crippen LogP) is 2.59. The van der Waals surface area contributed by atoms with E-state index < -0.39 is 0 Å². The zero-order valence-electron chi connectivity index (χ0n) is 7.53. The van der Waals surface area contributed by atoms with Crippen LogP contribution in [0.3, 0.4) is 0 Å². The van der Waals surface area contributed by atoms with Crippen molar-refractivity contribution in [1.29, 1.82) is 5.26 Å². The predicted molar refractivity (Wildman–Crippen MR) is 51.7 cm³/mol. The lowest BCUT2D eigenvalue weighted by molar-refractivity contribution is 0.369. The van der Waals surface area contributed by atoms with Crippen molar-refractivity contribution in [2.45, 2.75) is 6.42 Å². The maximum Gasteiger partial charge on any atom is 0.123 e. The Morgan fingerprint density at radius 1 is 1.46 bits per heavy atom. The Morgan fingerprint density at radius 3 is 2.69 bits per heavy atom.